The van der Waals surface area contributed by atoms with Crippen molar-refractivity contribution in [2.45, 2.75) is 13.0 Å². The maximum absolute atomic E-state index is 12.9. The second kappa shape index (κ2) is 8.12. The number of thiophene rings is 1. The van der Waals surface area contributed by atoms with Gasteiger partial charge in [0.15, 0.2) is 0 Å². The highest BCUT2D eigenvalue weighted by Crippen LogP contribution is 2.21. The third-order valence-corrected chi connectivity index (χ3v) is 5.99. The van der Waals surface area contributed by atoms with Crippen LogP contribution in [0.3, 0.4) is 0 Å². The molecule has 29 heavy (non-hydrogen) atoms. The summed E-state index contributed by atoms with van der Waals surface area (Å²) in [4.78, 5) is 27.1. The van der Waals surface area contributed by atoms with Crippen LogP contribution >= 0.6 is 22.9 Å². The summed E-state index contributed by atoms with van der Waals surface area (Å²) >= 11 is 7.26. The van der Waals surface area contributed by atoms with Gasteiger partial charge in [0.2, 0.25) is 0 Å². The van der Waals surface area contributed by atoms with Gasteiger partial charge in [0.05, 0.1) is 16.8 Å². The fourth-order valence-corrected chi connectivity index (χ4v) is 4.19. The van der Waals surface area contributed by atoms with Crippen LogP contribution in [0.4, 0.5) is 0 Å². The van der Waals surface area contributed by atoms with E-state index in [0.717, 1.165) is 16.0 Å². The minimum atomic E-state index is -0.325. The summed E-state index contributed by atoms with van der Waals surface area (Å²) in [6.07, 6.45) is 0.586. The van der Waals surface area contributed by atoms with Crippen LogP contribution in [0.2, 0.25) is 5.02 Å². The van der Waals surface area contributed by atoms with Crippen molar-refractivity contribution in [3.8, 4) is 11.8 Å². The molecule has 0 aliphatic rings. The highest BCUT2D eigenvalue weighted by atomic mass is 35.5. The third-order valence-electron chi connectivity index (χ3n) is 4.61. The Kier molecular flexibility index (Phi) is 5.39. The second-order valence-corrected chi connectivity index (χ2v) is 8.12. The van der Waals surface area contributed by atoms with Crippen molar-refractivity contribution >= 4 is 33.2 Å². The molecule has 2 heterocycles. The minimum absolute atomic E-state index is 0.246. The largest absolute Gasteiger partial charge is 0.332 e. The zero-order valence-corrected chi connectivity index (χ0v) is 17.3. The molecule has 2 aromatic heterocycles. The Bertz CT molecular complexity index is 1350. The first-order valence-corrected chi connectivity index (χ1v) is 10.2. The van der Waals surface area contributed by atoms with Gasteiger partial charge in [0.25, 0.3) is 5.56 Å². The van der Waals surface area contributed by atoms with E-state index in [-0.39, 0.29) is 17.8 Å². The van der Waals surface area contributed by atoms with Crippen molar-refractivity contribution in [1.82, 2.24) is 9.13 Å². The van der Waals surface area contributed by atoms with Gasteiger partial charge in [-0.05, 0) is 29.3 Å². The molecule has 0 atom stereocenters. The summed E-state index contributed by atoms with van der Waals surface area (Å²) in [5.74, 6) is 6.24. The van der Waals surface area contributed by atoms with Crippen molar-refractivity contribution in [3.05, 3.63) is 103 Å². The zero-order valence-electron chi connectivity index (χ0n) is 15.7. The lowest BCUT2D eigenvalue weighted by Crippen LogP contribution is -2.38. The van der Waals surface area contributed by atoms with E-state index in [4.69, 9.17) is 11.6 Å². The molecule has 6 heteroatoms. The van der Waals surface area contributed by atoms with Gasteiger partial charge in [-0.25, -0.2) is 4.79 Å². The van der Waals surface area contributed by atoms with Crippen LogP contribution in [0.1, 0.15) is 16.0 Å². The Balaban J connectivity index is 1.69. The van der Waals surface area contributed by atoms with Crippen molar-refractivity contribution in [2.75, 3.05) is 0 Å². The maximum Gasteiger partial charge on any atom is 0.332 e. The third kappa shape index (κ3) is 4.04. The fourth-order valence-electron chi connectivity index (χ4n) is 3.09. The molecule has 0 N–H and O–H groups in total. The smallest absolute Gasteiger partial charge is 0.287 e. The highest BCUT2D eigenvalue weighted by Gasteiger charge is 2.14. The van der Waals surface area contributed by atoms with E-state index in [0.29, 0.717) is 21.7 Å². The quantitative estimate of drug-likeness (QED) is 0.469. The summed E-state index contributed by atoms with van der Waals surface area (Å²) in [7, 11) is 1.69. The van der Waals surface area contributed by atoms with Gasteiger partial charge >= 0.3 is 5.69 Å². The average Bonchev–Trinajstić information content (AvgIpc) is 3.16. The van der Waals surface area contributed by atoms with Crippen molar-refractivity contribution < 1.29 is 0 Å². The van der Waals surface area contributed by atoms with Crippen LogP contribution < -0.4 is 11.2 Å². The van der Waals surface area contributed by atoms with E-state index >= 15 is 0 Å². The number of hydrogen-bond donors (Lipinski definition) is 0. The molecule has 4 nitrogen and oxygen atoms in total. The van der Waals surface area contributed by atoms with Gasteiger partial charge in [-0.1, -0.05) is 65.9 Å². The number of halogens is 1. The first-order chi connectivity index (χ1) is 14.0. The average molecular weight is 421 g/mol. The molecule has 0 spiro atoms. The van der Waals surface area contributed by atoms with Crippen LogP contribution in [0, 0.1) is 11.8 Å². The molecule has 144 valence electrons. The molecule has 0 fully saturated rings. The van der Waals surface area contributed by atoms with Gasteiger partial charge in [-0.15, -0.1) is 11.3 Å². The highest BCUT2D eigenvalue weighted by molar-refractivity contribution is 7.19. The van der Waals surface area contributed by atoms with Crippen LogP contribution in [-0.4, -0.2) is 9.13 Å². The molecule has 0 amide bonds. The first kappa shape index (κ1) is 19.3. The predicted octanol–water partition coefficient (Wildman–Crippen LogP) is 4.06. The van der Waals surface area contributed by atoms with Gasteiger partial charge in [-0.2, -0.15) is 0 Å². The van der Waals surface area contributed by atoms with Gasteiger partial charge < -0.3 is 0 Å². The van der Waals surface area contributed by atoms with Gasteiger partial charge in [0.1, 0.15) is 4.83 Å². The van der Waals surface area contributed by atoms with E-state index in [9.17, 15) is 9.59 Å². The van der Waals surface area contributed by atoms with Gasteiger partial charge in [0, 0.05) is 18.5 Å². The van der Waals surface area contributed by atoms with Crippen LogP contribution in [0.25, 0.3) is 10.2 Å². The molecule has 0 unspecified atom stereocenters. The summed E-state index contributed by atoms with van der Waals surface area (Å²) in [5.41, 5.74) is 1.37. The van der Waals surface area contributed by atoms with Crippen molar-refractivity contribution in [2.24, 2.45) is 7.05 Å². The lowest BCUT2D eigenvalue weighted by Gasteiger charge is -2.08. The number of aryl methyl sites for hydroxylation is 1. The molecule has 0 saturated heterocycles. The molecule has 0 aliphatic heterocycles. The molecule has 0 saturated carbocycles. The monoisotopic (exact) mass is 420 g/mol. The minimum Gasteiger partial charge on any atom is -0.287 e. The van der Waals surface area contributed by atoms with Crippen molar-refractivity contribution in [1.29, 1.82) is 0 Å². The SMILES string of the molecule is Cn1c(=O)n(Cc2ccccc2)c(=O)c2cc(C#CCc3ccc(Cl)cc3)sc21. The molecule has 0 radical (unpaired) electrons. The fraction of sp³-hybridized carbons (Fsp3) is 0.130. The lowest BCUT2D eigenvalue weighted by atomic mass is 10.1. The Morgan fingerprint density at radius 3 is 2.45 bits per heavy atom. The molecule has 0 bridgehead atoms. The summed E-state index contributed by atoms with van der Waals surface area (Å²) < 4.78 is 2.80. The van der Waals surface area contributed by atoms with Crippen LogP contribution in [-0.2, 0) is 20.0 Å². The standard InChI is InChI=1S/C23H17ClN2O2S/c1-25-22-20(21(27)26(23(25)28)15-17-6-3-2-4-7-17)14-19(29-22)9-5-8-16-10-12-18(24)13-11-16/h2-4,6-7,10-14H,8,15H2,1H3. The summed E-state index contributed by atoms with van der Waals surface area (Å²) in [6, 6.07) is 18.8. The Hall–Kier alpha value is -3.07. The number of nitrogens with zero attached hydrogens (tertiary/aromatic N) is 2. The second-order valence-electron chi connectivity index (χ2n) is 6.65. The number of hydrogen-bond acceptors (Lipinski definition) is 3. The molecular weight excluding hydrogens is 404 g/mol. The van der Waals surface area contributed by atoms with E-state index in [2.05, 4.69) is 11.8 Å². The number of aromatic nitrogens is 2. The summed E-state index contributed by atoms with van der Waals surface area (Å²) in [5, 5.41) is 1.21. The Labute approximate surface area is 176 Å². The van der Waals surface area contributed by atoms with Crippen LogP contribution in [0.15, 0.2) is 70.3 Å². The van der Waals surface area contributed by atoms with E-state index < -0.39 is 0 Å². The number of rotatable bonds is 3. The Morgan fingerprint density at radius 1 is 1.00 bits per heavy atom. The van der Waals surface area contributed by atoms with Crippen molar-refractivity contribution in [3.63, 3.8) is 0 Å². The predicted molar refractivity (Wildman–Crippen MR) is 119 cm³/mol. The van der Waals surface area contributed by atoms with E-state index in [1.807, 2.05) is 54.6 Å². The number of fused-ring (bicyclic) bond motifs is 1. The van der Waals surface area contributed by atoms with Crippen LogP contribution in [0.5, 0.6) is 0 Å². The summed E-state index contributed by atoms with van der Waals surface area (Å²) in [6.45, 7) is 0.246. The van der Waals surface area contributed by atoms with E-state index in [1.165, 1.54) is 20.5 Å². The van der Waals surface area contributed by atoms with E-state index in [1.54, 1.807) is 13.1 Å². The molecule has 4 aromatic rings. The topological polar surface area (TPSA) is 44.0 Å². The maximum atomic E-state index is 12.9. The molecular formula is C23H17ClN2O2S. The number of benzene rings is 2. The first-order valence-electron chi connectivity index (χ1n) is 9.03. The lowest BCUT2D eigenvalue weighted by molar-refractivity contribution is 0.663. The Morgan fingerprint density at radius 2 is 1.72 bits per heavy atom. The molecule has 0 aliphatic carbocycles. The van der Waals surface area contributed by atoms with Gasteiger partial charge in [-0.3, -0.25) is 13.9 Å². The normalized spacial score (nSPS) is 10.7. The molecule has 4 rings (SSSR count). The molecule has 2 aromatic carbocycles. The zero-order chi connectivity index (χ0) is 20.4.